The highest BCUT2D eigenvalue weighted by molar-refractivity contribution is 5.68. The highest BCUT2D eigenvalue weighted by Crippen LogP contribution is 2.41. The first-order valence-electron chi connectivity index (χ1n) is 11.3. The van der Waals surface area contributed by atoms with Crippen molar-refractivity contribution in [2.24, 2.45) is 0 Å². The highest BCUT2D eigenvalue weighted by atomic mass is 16.6. The van der Waals surface area contributed by atoms with Gasteiger partial charge in [-0.3, -0.25) is 4.90 Å². The summed E-state index contributed by atoms with van der Waals surface area (Å²) in [6.07, 6.45) is 5.44. The fraction of sp³-hybridized carbons (Fsp3) is 0.625. The molecule has 1 saturated carbocycles. The largest absolute Gasteiger partial charge is 0.444 e. The molecule has 7 nitrogen and oxygen atoms in total. The zero-order valence-corrected chi connectivity index (χ0v) is 19.3. The minimum atomic E-state index is -0.800. The summed E-state index contributed by atoms with van der Waals surface area (Å²) in [5.41, 5.74) is 1.53. The molecule has 2 aliphatic carbocycles. The van der Waals surface area contributed by atoms with Crippen LogP contribution in [0.2, 0.25) is 0 Å². The van der Waals surface area contributed by atoms with Crippen LogP contribution in [0.25, 0.3) is 0 Å². The number of fused-ring (bicyclic) bond motifs is 1. The summed E-state index contributed by atoms with van der Waals surface area (Å²) in [6, 6.07) is 9.74. The number of amides is 1. The molecule has 1 aromatic carbocycles. The van der Waals surface area contributed by atoms with Crippen LogP contribution in [0.1, 0.15) is 89.2 Å². The zero-order valence-electron chi connectivity index (χ0n) is 19.3. The second-order valence-corrected chi connectivity index (χ2v) is 10.3. The second-order valence-electron chi connectivity index (χ2n) is 10.3. The molecule has 0 saturated heterocycles. The maximum absolute atomic E-state index is 12.2. The summed E-state index contributed by atoms with van der Waals surface area (Å²) in [5, 5.41) is 7.02. The van der Waals surface area contributed by atoms with Crippen molar-refractivity contribution in [1.82, 2.24) is 20.4 Å². The smallest absolute Gasteiger partial charge is 0.408 e. The Hall–Kier alpha value is -2.41. The van der Waals surface area contributed by atoms with Crippen molar-refractivity contribution in [2.45, 2.75) is 96.5 Å². The van der Waals surface area contributed by atoms with E-state index in [4.69, 9.17) is 9.26 Å². The average molecular weight is 427 g/mol. The molecule has 1 unspecified atom stereocenters. The number of hydrogen-bond acceptors (Lipinski definition) is 6. The number of aromatic nitrogens is 2. The van der Waals surface area contributed by atoms with Gasteiger partial charge < -0.3 is 14.6 Å². The van der Waals surface area contributed by atoms with Gasteiger partial charge in [0.05, 0.1) is 6.54 Å². The molecular weight excluding hydrogens is 392 g/mol. The van der Waals surface area contributed by atoms with Gasteiger partial charge in [-0.2, -0.15) is 4.98 Å². The summed E-state index contributed by atoms with van der Waals surface area (Å²) in [4.78, 5) is 19.4. The van der Waals surface area contributed by atoms with Gasteiger partial charge in [-0.15, -0.1) is 0 Å². The van der Waals surface area contributed by atoms with Gasteiger partial charge in [0, 0.05) is 12.1 Å². The van der Waals surface area contributed by atoms with E-state index in [0.29, 0.717) is 30.3 Å². The van der Waals surface area contributed by atoms with Crippen LogP contribution in [-0.4, -0.2) is 32.8 Å². The van der Waals surface area contributed by atoms with Crippen molar-refractivity contribution >= 4 is 6.09 Å². The molecule has 1 fully saturated rings. The predicted molar refractivity (Wildman–Crippen MR) is 117 cm³/mol. The van der Waals surface area contributed by atoms with Crippen LogP contribution in [0.3, 0.4) is 0 Å². The summed E-state index contributed by atoms with van der Waals surface area (Å²) in [5.74, 6) is 1.04. The summed E-state index contributed by atoms with van der Waals surface area (Å²) in [7, 11) is 0. The van der Waals surface area contributed by atoms with Gasteiger partial charge in [0.25, 0.3) is 0 Å². The molecule has 1 N–H and O–H groups in total. The Morgan fingerprint density at radius 2 is 1.94 bits per heavy atom. The number of aryl methyl sites for hydroxylation is 1. The lowest BCUT2D eigenvalue weighted by Crippen LogP contribution is -2.44. The molecule has 2 aromatic rings. The molecule has 0 spiro atoms. The van der Waals surface area contributed by atoms with Crippen LogP contribution in [0, 0.1) is 0 Å². The highest BCUT2D eigenvalue weighted by Gasteiger charge is 2.38. The van der Waals surface area contributed by atoms with Crippen molar-refractivity contribution < 1.29 is 14.1 Å². The quantitative estimate of drug-likeness (QED) is 0.710. The normalized spacial score (nSPS) is 19.2. The molecule has 0 radical (unpaired) electrons. The number of hydrogen-bond donors (Lipinski definition) is 1. The minimum absolute atomic E-state index is 0.390. The summed E-state index contributed by atoms with van der Waals surface area (Å²) >= 11 is 0. The average Bonchev–Trinajstić information content (AvgIpc) is 3.41. The van der Waals surface area contributed by atoms with E-state index in [1.807, 2.05) is 34.6 Å². The second kappa shape index (κ2) is 8.26. The van der Waals surface area contributed by atoms with Crippen molar-refractivity contribution in [1.29, 1.82) is 0 Å². The molecule has 2 aliphatic rings. The van der Waals surface area contributed by atoms with Crippen molar-refractivity contribution in [3.8, 4) is 0 Å². The van der Waals surface area contributed by atoms with Crippen molar-refractivity contribution in [2.75, 3.05) is 0 Å². The summed E-state index contributed by atoms with van der Waals surface area (Å²) in [6.45, 7) is 9.83. The van der Waals surface area contributed by atoms with E-state index in [1.165, 1.54) is 30.4 Å². The first kappa shape index (κ1) is 21.8. The molecule has 7 heteroatoms. The number of rotatable bonds is 6. The van der Waals surface area contributed by atoms with Gasteiger partial charge in [-0.05, 0) is 77.8 Å². The van der Waals surface area contributed by atoms with E-state index in [9.17, 15) is 4.79 Å². The number of carbonyl (C=O) groups is 1. The lowest BCUT2D eigenvalue weighted by molar-refractivity contribution is 0.0465. The van der Waals surface area contributed by atoms with Gasteiger partial charge >= 0.3 is 6.09 Å². The number of nitrogens with one attached hydrogen (secondary N) is 1. The molecular formula is C24H34N4O3. The number of ether oxygens (including phenoxy) is 1. The topological polar surface area (TPSA) is 80.5 Å². The molecule has 0 aliphatic heterocycles. The van der Waals surface area contributed by atoms with Crippen LogP contribution in [0.5, 0.6) is 0 Å². The van der Waals surface area contributed by atoms with Gasteiger partial charge in [0.2, 0.25) is 5.89 Å². The number of alkyl carbamates (subject to hydrolysis) is 1. The molecule has 1 amide bonds. The fourth-order valence-electron chi connectivity index (χ4n) is 4.32. The van der Waals surface area contributed by atoms with E-state index < -0.39 is 17.2 Å². The molecule has 4 rings (SSSR count). The molecule has 1 heterocycles. The Labute approximate surface area is 184 Å². The Morgan fingerprint density at radius 3 is 2.65 bits per heavy atom. The Bertz CT molecular complexity index is 927. The summed E-state index contributed by atoms with van der Waals surface area (Å²) < 4.78 is 11.0. The van der Waals surface area contributed by atoms with Gasteiger partial charge in [0.15, 0.2) is 5.82 Å². The van der Waals surface area contributed by atoms with Crippen LogP contribution < -0.4 is 5.32 Å². The Morgan fingerprint density at radius 1 is 1.19 bits per heavy atom. The zero-order chi connectivity index (χ0) is 22.2. The third-order valence-corrected chi connectivity index (χ3v) is 5.91. The van der Waals surface area contributed by atoms with E-state index in [2.05, 4.69) is 44.6 Å². The van der Waals surface area contributed by atoms with Crippen molar-refractivity contribution in [3.63, 3.8) is 0 Å². The monoisotopic (exact) mass is 426 g/mol. The van der Waals surface area contributed by atoms with Gasteiger partial charge in [-0.25, -0.2) is 4.79 Å². The van der Waals surface area contributed by atoms with Crippen LogP contribution in [0.4, 0.5) is 4.79 Å². The third-order valence-electron chi connectivity index (χ3n) is 5.91. The van der Waals surface area contributed by atoms with Gasteiger partial charge in [0.1, 0.15) is 11.1 Å². The predicted octanol–water partition coefficient (Wildman–Crippen LogP) is 4.87. The minimum Gasteiger partial charge on any atom is -0.444 e. The lowest BCUT2D eigenvalue weighted by Gasteiger charge is -2.35. The number of benzene rings is 1. The third kappa shape index (κ3) is 5.26. The maximum atomic E-state index is 12.2. The van der Waals surface area contributed by atoms with Crippen LogP contribution >= 0.6 is 0 Å². The van der Waals surface area contributed by atoms with Crippen LogP contribution in [-0.2, 0) is 23.2 Å². The molecule has 0 bridgehead atoms. The van der Waals surface area contributed by atoms with E-state index in [-0.39, 0.29) is 0 Å². The number of nitrogens with zero attached hydrogens (tertiary/aromatic N) is 3. The van der Waals surface area contributed by atoms with E-state index in [1.54, 1.807) is 0 Å². The molecule has 1 atom stereocenters. The SMILES string of the molecule is CC(C)(C)OC(=O)NC(C)(C)c1noc(CN(C2CC2)C2CCCc3ccccc32)n1. The lowest BCUT2D eigenvalue weighted by atomic mass is 9.86. The Kier molecular flexibility index (Phi) is 5.81. The molecule has 1 aromatic heterocycles. The number of carbonyl (C=O) groups excluding carboxylic acids is 1. The first-order chi connectivity index (χ1) is 14.6. The van der Waals surface area contributed by atoms with Gasteiger partial charge in [-0.1, -0.05) is 29.4 Å². The maximum Gasteiger partial charge on any atom is 0.408 e. The van der Waals surface area contributed by atoms with E-state index >= 15 is 0 Å². The van der Waals surface area contributed by atoms with E-state index in [0.717, 1.165) is 12.8 Å². The standard InChI is InChI=1S/C24H34N4O3/c1-23(2,3)30-22(29)26-24(4,5)21-25-20(31-27-21)15-28(17-13-14-17)19-12-8-10-16-9-6-7-11-18(16)19/h6-7,9,11,17,19H,8,10,12-15H2,1-5H3,(H,26,29). The van der Waals surface area contributed by atoms with Crippen LogP contribution in [0.15, 0.2) is 28.8 Å². The first-order valence-corrected chi connectivity index (χ1v) is 11.3. The van der Waals surface area contributed by atoms with Crippen molar-refractivity contribution in [3.05, 3.63) is 47.1 Å². The molecule has 31 heavy (non-hydrogen) atoms. The Balaban J connectivity index is 1.48. The molecule has 168 valence electrons. The fourth-order valence-corrected chi connectivity index (χ4v) is 4.32.